The van der Waals surface area contributed by atoms with Crippen molar-refractivity contribution < 1.29 is 4.39 Å². The number of allylic oxidation sites excluding steroid dienone is 1. The van der Waals surface area contributed by atoms with E-state index in [-0.39, 0.29) is 16.2 Å². The normalized spacial score (nSPS) is 12.3. The standard InChI is InChI=1S/C10H9Cl2F/c1-7(6-10(11)12)8-4-2-3-5-9(8)13/h2-7H,1H3. The molecule has 0 saturated heterocycles. The fraction of sp³-hybridized carbons (Fsp3) is 0.200. The average Bonchev–Trinajstić information content (AvgIpc) is 2.03. The minimum absolute atomic E-state index is 0.105. The fourth-order valence-electron chi connectivity index (χ4n) is 1.12. The van der Waals surface area contributed by atoms with Gasteiger partial charge < -0.3 is 0 Å². The Labute approximate surface area is 87.0 Å². The molecule has 0 nitrogen and oxygen atoms in total. The lowest BCUT2D eigenvalue weighted by Gasteiger charge is -2.07. The molecule has 0 radical (unpaired) electrons. The maximum Gasteiger partial charge on any atom is 0.126 e. The van der Waals surface area contributed by atoms with Gasteiger partial charge in [0.25, 0.3) is 0 Å². The van der Waals surface area contributed by atoms with Gasteiger partial charge in [-0.2, -0.15) is 0 Å². The van der Waals surface area contributed by atoms with Gasteiger partial charge in [0.2, 0.25) is 0 Å². The van der Waals surface area contributed by atoms with Gasteiger partial charge in [-0.1, -0.05) is 48.3 Å². The lowest BCUT2D eigenvalue weighted by Crippen LogP contribution is -1.93. The first kappa shape index (κ1) is 10.6. The second-order valence-electron chi connectivity index (χ2n) is 2.77. The molecule has 0 aliphatic heterocycles. The molecule has 0 N–H and O–H groups in total. The first-order chi connectivity index (χ1) is 6.11. The minimum Gasteiger partial charge on any atom is -0.207 e. The number of hydrogen-bond donors (Lipinski definition) is 0. The van der Waals surface area contributed by atoms with Crippen LogP contribution in [0.15, 0.2) is 34.8 Å². The average molecular weight is 219 g/mol. The highest BCUT2D eigenvalue weighted by Crippen LogP contribution is 2.23. The Morgan fingerprint density at radius 3 is 2.54 bits per heavy atom. The molecule has 0 heterocycles. The zero-order valence-corrected chi connectivity index (χ0v) is 8.61. The van der Waals surface area contributed by atoms with E-state index < -0.39 is 0 Å². The Bertz CT molecular complexity index is 316. The van der Waals surface area contributed by atoms with Crippen molar-refractivity contribution in [1.82, 2.24) is 0 Å². The summed E-state index contributed by atoms with van der Waals surface area (Å²) < 4.78 is 13.3. The van der Waals surface area contributed by atoms with Crippen molar-refractivity contribution in [2.75, 3.05) is 0 Å². The van der Waals surface area contributed by atoms with Crippen LogP contribution in [0.4, 0.5) is 4.39 Å². The highest BCUT2D eigenvalue weighted by atomic mass is 35.5. The lowest BCUT2D eigenvalue weighted by atomic mass is 10.0. The van der Waals surface area contributed by atoms with Crippen molar-refractivity contribution in [3.63, 3.8) is 0 Å². The van der Waals surface area contributed by atoms with Gasteiger partial charge in [-0.25, -0.2) is 4.39 Å². The van der Waals surface area contributed by atoms with Gasteiger partial charge in [-0.05, 0) is 17.7 Å². The van der Waals surface area contributed by atoms with Crippen LogP contribution in [0.2, 0.25) is 0 Å². The number of benzene rings is 1. The third-order valence-corrected chi connectivity index (χ3v) is 2.02. The van der Waals surface area contributed by atoms with E-state index in [0.717, 1.165) is 0 Å². The van der Waals surface area contributed by atoms with Crippen LogP contribution in [0.1, 0.15) is 18.4 Å². The van der Waals surface area contributed by atoms with Crippen LogP contribution in [-0.4, -0.2) is 0 Å². The molecule has 13 heavy (non-hydrogen) atoms. The smallest absolute Gasteiger partial charge is 0.126 e. The van der Waals surface area contributed by atoms with Crippen molar-refractivity contribution in [1.29, 1.82) is 0 Å². The predicted molar refractivity (Wildman–Crippen MR) is 54.6 cm³/mol. The highest BCUT2D eigenvalue weighted by molar-refractivity contribution is 6.55. The Morgan fingerprint density at radius 1 is 1.38 bits per heavy atom. The van der Waals surface area contributed by atoms with Crippen LogP contribution in [0.5, 0.6) is 0 Å². The summed E-state index contributed by atoms with van der Waals surface area (Å²) in [6.45, 7) is 1.84. The van der Waals surface area contributed by atoms with Crippen LogP contribution in [-0.2, 0) is 0 Å². The Hall–Kier alpha value is -0.530. The van der Waals surface area contributed by atoms with Gasteiger partial charge in [0, 0.05) is 5.92 Å². The molecule has 0 bridgehead atoms. The molecular weight excluding hydrogens is 210 g/mol. The molecule has 1 atom stereocenters. The molecule has 0 aliphatic rings. The van der Waals surface area contributed by atoms with E-state index in [1.54, 1.807) is 24.3 Å². The summed E-state index contributed by atoms with van der Waals surface area (Å²) in [6, 6.07) is 6.57. The fourth-order valence-corrected chi connectivity index (χ4v) is 1.50. The van der Waals surface area contributed by atoms with Crippen LogP contribution in [0, 0.1) is 5.82 Å². The maximum absolute atomic E-state index is 13.2. The number of halogens is 3. The lowest BCUT2D eigenvalue weighted by molar-refractivity contribution is 0.605. The minimum atomic E-state index is -0.235. The quantitative estimate of drug-likeness (QED) is 0.697. The summed E-state index contributed by atoms with van der Waals surface area (Å²) in [4.78, 5) is 0. The van der Waals surface area contributed by atoms with Crippen molar-refractivity contribution in [3.8, 4) is 0 Å². The third kappa shape index (κ3) is 3.02. The Balaban J connectivity index is 2.95. The van der Waals surface area contributed by atoms with Crippen LogP contribution in [0.25, 0.3) is 0 Å². The molecular formula is C10H9Cl2F. The molecule has 0 fully saturated rings. The molecule has 0 aliphatic carbocycles. The first-order valence-corrected chi connectivity index (χ1v) is 4.64. The zero-order chi connectivity index (χ0) is 9.84. The maximum atomic E-state index is 13.2. The van der Waals surface area contributed by atoms with Crippen LogP contribution >= 0.6 is 23.2 Å². The zero-order valence-electron chi connectivity index (χ0n) is 7.10. The largest absolute Gasteiger partial charge is 0.207 e. The SMILES string of the molecule is CC(C=C(Cl)Cl)c1ccccc1F. The second kappa shape index (κ2) is 4.64. The topological polar surface area (TPSA) is 0 Å². The molecule has 1 rings (SSSR count). The molecule has 0 spiro atoms. The van der Waals surface area contributed by atoms with E-state index >= 15 is 0 Å². The highest BCUT2D eigenvalue weighted by Gasteiger charge is 2.07. The monoisotopic (exact) mass is 218 g/mol. The van der Waals surface area contributed by atoms with E-state index in [4.69, 9.17) is 23.2 Å². The molecule has 1 aromatic carbocycles. The Kier molecular flexibility index (Phi) is 3.76. The van der Waals surface area contributed by atoms with Gasteiger partial charge in [-0.15, -0.1) is 0 Å². The van der Waals surface area contributed by atoms with E-state index in [2.05, 4.69) is 0 Å². The summed E-state index contributed by atoms with van der Waals surface area (Å²) in [5.41, 5.74) is 0.598. The summed E-state index contributed by atoms with van der Waals surface area (Å²) in [6.07, 6.45) is 1.60. The van der Waals surface area contributed by atoms with E-state index in [0.29, 0.717) is 5.56 Å². The van der Waals surface area contributed by atoms with Crippen molar-refractivity contribution in [2.45, 2.75) is 12.8 Å². The molecule has 0 aromatic heterocycles. The van der Waals surface area contributed by atoms with E-state index in [1.165, 1.54) is 6.07 Å². The number of hydrogen-bond acceptors (Lipinski definition) is 0. The van der Waals surface area contributed by atoms with Crippen molar-refractivity contribution >= 4 is 23.2 Å². The molecule has 70 valence electrons. The molecule has 1 aromatic rings. The first-order valence-electron chi connectivity index (χ1n) is 3.88. The summed E-state index contributed by atoms with van der Waals surface area (Å²) >= 11 is 11.0. The summed E-state index contributed by atoms with van der Waals surface area (Å²) in [5, 5.41) is 0. The third-order valence-electron chi connectivity index (χ3n) is 1.77. The van der Waals surface area contributed by atoms with E-state index in [9.17, 15) is 4.39 Å². The molecule has 0 saturated carbocycles. The van der Waals surface area contributed by atoms with Gasteiger partial charge in [-0.3, -0.25) is 0 Å². The molecule has 0 amide bonds. The van der Waals surface area contributed by atoms with Crippen molar-refractivity contribution in [3.05, 3.63) is 46.2 Å². The van der Waals surface area contributed by atoms with Crippen molar-refractivity contribution in [2.24, 2.45) is 0 Å². The molecule has 1 unspecified atom stereocenters. The Morgan fingerprint density at radius 2 is 2.00 bits per heavy atom. The second-order valence-corrected chi connectivity index (χ2v) is 3.77. The van der Waals surface area contributed by atoms with Gasteiger partial charge in [0.05, 0.1) is 0 Å². The van der Waals surface area contributed by atoms with Crippen LogP contribution in [0.3, 0.4) is 0 Å². The predicted octanol–water partition coefficient (Wildman–Crippen LogP) is 4.25. The van der Waals surface area contributed by atoms with Gasteiger partial charge in [0.1, 0.15) is 10.3 Å². The summed E-state index contributed by atoms with van der Waals surface area (Å²) in [7, 11) is 0. The van der Waals surface area contributed by atoms with Crippen LogP contribution < -0.4 is 0 Å². The number of rotatable bonds is 2. The molecule has 3 heteroatoms. The van der Waals surface area contributed by atoms with Gasteiger partial charge >= 0.3 is 0 Å². The van der Waals surface area contributed by atoms with Gasteiger partial charge in [0.15, 0.2) is 0 Å². The van der Waals surface area contributed by atoms with E-state index in [1.807, 2.05) is 6.92 Å². The summed E-state index contributed by atoms with van der Waals surface area (Å²) in [5.74, 6) is -0.341.